The summed E-state index contributed by atoms with van der Waals surface area (Å²) in [6.45, 7) is 8.46. The minimum atomic E-state index is -0.602. The Bertz CT molecular complexity index is 1080. The van der Waals surface area contributed by atoms with Crippen LogP contribution in [0.3, 0.4) is 0 Å². The zero-order valence-corrected chi connectivity index (χ0v) is 22.6. The van der Waals surface area contributed by atoms with Gasteiger partial charge in [0.2, 0.25) is 0 Å². The van der Waals surface area contributed by atoms with Crippen LogP contribution in [0.5, 0.6) is 23.0 Å². The molecule has 7 nitrogen and oxygen atoms in total. The molecule has 1 aliphatic heterocycles. The molecule has 192 valence electrons. The van der Waals surface area contributed by atoms with Crippen molar-refractivity contribution in [3.8, 4) is 23.0 Å². The number of benzene rings is 2. The highest BCUT2D eigenvalue weighted by atomic mass is 16.6. The minimum absolute atomic E-state index is 0.123. The van der Waals surface area contributed by atoms with Gasteiger partial charge in [0.1, 0.15) is 11.1 Å². The average molecular weight is 487 g/mol. The molecule has 2 atom stereocenters. The van der Waals surface area contributed by atoms with Crippen LogP contribution in [0.2, 0.25) is 0 Å². The van der Waals surface area contributed by atoms with E-state index >= 15 is 0 Å². The van der Waals surface area contributed by atoms with Crippen LogP contribution in [-0.4, -0.2) is 58.2 Å². The fourth-order valence-corrected chi connectivity index (χ4v) is 5.28. The molecule has 0 radical (unpaired) electrons. The third kappa shape index (κ3) is 4.79. The number of hydrogen-bond donors (Lipinski definition) is 0. The first-order valence-electron chi connectivity index (χ1n) is 12.0. The lowest BCUT2D eigenvalue weighted by Gasteiger charge is -2.52. The molecule has 0 fully saturated rings. The Labute approximate surface area is 209 Å². The van der Waals surface area contributed by atoms with Gasteiger partial charge in [-0.05, 0) is 56.2 Å². The lowest BCUT2D eigenvalue weighted by Crippen LogP contribution is -2.67. The quantitative estimate of drug-likeness (QED) is 0.481. The van der Waals surface area contributed by atoms with Crippen LogP contribution in [0.25, 0.3) is 0 Å². The molecular formula is C28H40NO6+. The maximum Gasteiger partial charge on any atom is 0.517 e. The second-order valence-corrected chi connectivity index (χ2v) is 10.3. The van der Waals surface area contributed by atoms with E-state index in [1.54, 1.807) is 28.4 Å². The van der Waals surface area contributed by atoms with E-state index in [0.717, 1.165) is 23.1 Å². The van der Waals surface area contributed by atoms with E-state index in [4.69, 9.17) is 23.7 Å². The van der Waals surface area contributed by atoms with Crippen LogP contribution in [0.1, 0.15) is 50.8 Å². The summed E-state index contributed by atoms with van der Waals surface area (Å²) in [5.41, 5.74) is 2.07. The first kappa shape index (κ1) is 26.7. The maximum atomic E-state index is 13.9. The van der Waals surface area contributed by atoms with Gasteiger partial charge in [0, 0.05) is 24.8 Å². The molecule has 0 saturated heterocycles. The van der Waals surface area contributed by atoms with E-state index in [1.807, 2.05) is 58.2 Å². The number of nitrogens with zero attached hydrogens (tertiary/aromatic N) is 1. The first-order chi connectivity index (χ1) is 16.5. The van der Waals surface area contributed by atoms with Gasteiger partial charge in [-0.25, -0.2) is 4.48 Å². The lowest BCUT2D eigenvalue weighted by molar-refractivity contribution is -0.904. The molecule has 1 heterocycles. The molecule has 0 aliphatic carbocycles. The van der Waals surface area contributed by atoms with Gasteiger partial charge in [-0.2, -0.15) is 4.79 Å². The SMILES string of the molecule is CC[C@@]1(Cc2ccc(OC)c(OC)c2)c2cc(OC)c(OC)cc2CC[N+]1(C)C(=O)OC(C)(C)C. The highest BCUT2D eigenvalue weighted by molar-refractivity contribution is 5.63. The van der Waals surface area contributed by atoms with Crippen LogP contribution < -0.4 is 18.9 Å². The van der Waals surface area contributed by atoms with Crippen molar-refractivity contribution in [2.24, 2.45) is 0 Å². The molecular weight excluding hydrogens is 446 g/mol. The van der Waals surface area contributed by atoms with Crippen molar-refractivity contribution in [3.63, 3.8) is 0 Å². The normalized spacial score (nSPS) is 21.6. The van der Waals surface area contributed by atoms with Gasteiger partial charge in [-0.15, -0.1) is 0 Å². The third-order valence-corrected chi connectivity index (χ3v) is 7.21. The molecule has 7 heteroatoms. The van der Waals surface area contributed by atoms with Crippen LogP contribution in [0, 0.1) is 0 Å². The Morgan fingerprint density at radius 1 is 0.914 bits per heavy atom. The van der Waals surface area contributed by atoms with Crippen LogP contribution >= 0.6 is 0 Å². The van der Waals surface area contributed by atoms with Crippen molar-refractivity contribution >= 4 is 6.09 Å². The Morgan fingerprint density at radius 2 is 1.49 bits per heavy atom. The molecule has 1 aliphatic rings. The van der Waals surface area contributed by atoms with Crippen molar-refractivity contribution in [2.75, 3.05) is 42.0 Å². The molecule has 3 rings (SSSR count). The Balaban J connectivity index is 2.26. The third-order valence-electron chi connectivity index (χ3n) is 7.21. The van der Waals surface area contributed by atoms with Crippen LogP contribution in [0.15, 0.2) is 30.3 Å². The summed E-state index contributed by atoms with van der Waals surface area (Å²) in [5.74, 6) is 2.66. The van der Waals surface area contributed by atoms with Gasteiger partial charge < -0.3 is 23.7 Å². The summed E-state index contributed by atoms with van der Waals surface area (Å²) in [7, 11) is 8.53. The summed E-state index contributed by atoms with van der Waals surface area (Å²) in [6, 6.07) is 10.0. The number of likely N-dealkylation sites (N-methyl/N-ethyl adjacent to an activating group) is 1. The summed E-state index contributed by atoms with van der Waals surface area (Å²) >= 11 is 0. The summed E-state index contributed by atoms with van der Waals surface area (Å²) in [6.07, 6.45) is 1.79. The molecule has 0 saturated carbocycles. The molecule has 1 unspecified atom stereocenters. The van der Waals surface area contributed by atoms with E-state index in [2.05, 4.69) is 6.92 Å². The predicted molar refractivity (Wildman–Crippen MR) is 136 cm³/mol. The fourth-order valence-electron chi connectivity index (χ4n) is 5.28. The second kappa shape index (κ2) is 9.97. The van der Waals surface area contributed by atoms with Crippen LogP contribution in [0.4, 0.5) is 4.79 Å². The van der Waals surface area contributed by atoms with Gasteiger partial charge in [0.15, 0.2) is 23.0 Å². The van der Waals surface area contributed by atoms with Crippen molar-refractivity contribution in [1.82, 2.24) is 0 Å². The summed E-state index contributed by atoms with van der Waals surface area (Å²) in [5, 5.41) is 0. The zero-order chi connectivity index (χ0) is 26.0. The van der Waals surface area contributed by atoms with Gasteiger partial charge >= 0.3 is 6.09 Å². The number of amides is 1. The average Bonchev–Trinajstić information content (AvgIpc) is 2.83. The van der Waals surface area contributed by atoms with Crippen molar-refractivity contribution in [2.45, 2.75) is 58.1 Å². The number of carbonyl (C=O) groups excluding carboxylic acids is 1. The number of fused-ring (bicyclic) bond motifs is 1. The second-order valence-electron chi connectivity index (χ2n) is 10.3. The van der Waals surface area contributed by atoms with E-state index < -0.39 is 11.1 Å². The monoisotopic (exact) mass is 486 g/mol. The fraction of sp³-hybridized carbons (Fsp3) is 0.536. The van der Waals surface area contributed by atoms with Gasteiger partial charge in [0.25, 0.3) is 0 Å². The summed E-state index contributed by atoms with van der Waals surface area (Å²) < 4.78 is 28.4. The number of ether oxygens (including phenoxy) is 5. The molecule has 0 N–H and O–H groups in total. The van der Waals surface area contributed by atoms with E-state index in [0.29, 0.717) is 42.4 Å². The number of hydrogen-bond acceptors (Lipinski definition) is 6. The lowest BCUT2D eigenvalue weighted by atomic mass is 9.73. The van der Waals surface area contributed by atoms with E-state index in [1.165, 1.54) is 0 Å². The molecule has 2 aromatic carbocycles. The number of quaternary nitrogens is 1. The van der Waals surface area contributed by atoms with Gasteiger partial charge in [-0.1, -0.05) is 13.0 Å². The topological polar surface area (TPSA) is 63.2 Å². The van der Waals surface area contributed by atoms with E-state index in [9.17, 15) is 4.79 Å². The van der Waals surface area contributed by atoms with Crippen molar-refractivity contribution in [3.05, 3.63) is 47.0 Å². The Kier molecular flexibility index (Phi) is 7.60. The molecule has 0 aromatic heterocycles. The number of carbonyl (C=O) groups is 1. The molecule has 0 spiro atoms. The molecule has 0 bridgehead atoms. The molecule has 1 amide bonds. The van der Waals surface area contributed by atoms with Crippen molar-refractivity contribution in [1.29, 1.82) is 0 Å². The van der Waals surface area contributed by atoms with Gasteiger partial charge in [-0.3, -0.25) is 0 Å². The highest BCUT2D eigenvalue weighted by Crippen LogP contribution is 2.49. The largest absolute Gasteiger partial charge is 0.517 e. The zero-order valence-electron chi connectivity index (χ0n) is 22.6. The minimum Gasteiger partial charge on any atom is -0.493 e. The van der Waals surface area contributed by atoms with Crippen LogP contribution in [-0.2, 0) is 23.1 Å². The highest BCUT2D eigenvalue weighted by Gasteiger charge is 2.58. The standard InChI is InChI=1S/C28H40NO6/c1-10-28(18-19-11-12-22(31-6)23(15-19)32-7)21-17-25(34-9)24(33-8)16-20(21)13-14-29(28,5)26(30)35-27(2,3)4/h11-12,15-17H,10,13-14,18H2,1-9H3/q+1/t28-,29?/m1/s1. The molecule has 35 heavy (non-hydrogen) atoms. The number of methoxy groups -OCH3 is 4. The maximum absolute atomic E-state index is 13.9. The van der Waals surface area contributed by atoms with Crippen molar-refractivity contribution < 1.29 is 33.0 Å². The summed E-state index contributed by atoms with van der Waals surface area (Å²) in [4.78, 5) is 13.9. The van der Waals surface area contributed by atoms with E-state index in [-0.39, 0.29) is 10.6 Å². The molecule has 2 aromatic rings. The Hall–Kier alpha value is -2.93. The smallest absolute Gasteiger partial charge is 0.493 e. The number of rotatable bonds is 7. The first-order valence-corrected chi connectivity index (χ1v) is 12.0. The van der Waals surface area contributed by atoms with Gasteiger partial charge in [0.05, 0.1) is 42.0 Å². The predicted octanol–water partition coefficient (Wildman–Crippen LogP) is 5.51. The Morgan fingerprint density at radius 3 is 2.03 bits per heavy atom.